The summed E-state index contributed by atoms with van der Waals surface area (Å²) in [6.45, 7) is 3.44. The summed E-state index contributed by atoms with van der Waals surface area (Å²) in [5.41, 5.74) is 0.521. The molecule has 2 aliphatic heterocycles. The number of carbonyl (C=O) groups is 3. The highest BCUT2D eigenvalue weighted by molar-refractivity contribution is 6.44. The minimum atomic E-state index is -1.26. The van der Waals surface area contributed by atoms with Gasteiger partial charge in [0.05, 0.1) is 19.3 Å². The van der Waals surface area contributed by atoms with Crippen LogP contribution in [0.2, 0.25) is 0 Å². The average molecular weight is 410 g/mol. The number of ether oxygens (including phenoxy) is 1. The number of halogens is 1. The third kappa shape index (κ3) is 3.91. The first-order valence-corrected chi connectivity index (χ1v) is 10.1. The highest BCUT2D eigenvalue weighted by Crippen LogP contribution is 2.39. The molecule has 4 rings (SSSR count). The van der Waals surface area contributed by atoms with E-state index in [1.165, 1.54) is 11.0 Å². The minimum Gasteiger partial charge on any atom is -0.379 e. The molecule has 2 fully saturated rings. The molecule has 0 spiro atoms. The minimum absolute atomic E-state index is 0.188. The van der Waals surface area contributed by atoms with Crippen molar-refractivity contribution in [2.45, 2.75) is 6.04 Å². The van der Waals surface area contributed by atoms with E-state index in [0.717, 1.165) is 13.1 Å². The molecule has 0 saturated carbocycles. The van der Waals surface area contributed by atoms with Gasteiger partial charge in [0.25, 0.3) is 5.91 Å². The summed E-state index contributed by atoms with van der Waals surface area (Å²) in [7, 11) is 0. The maximum absolute atomic E-state index is 14.7. The fourth-order valence-corrected chi connectivity index (χ4v) is 4.15. The average Bonchev–Trinajstić information content (AvgIpc) is 3.03. The fraction of sp³-hybridized carbons (Fsp3) is 0.348. The largest absolute Gasteiger partial charge is 0.379 e. The van der Waals surface area contributed by atoms with Crippen LogP contribution in [0.3, 0.4) is 0 Å². The molecule has 0 aromatic heterocycles. The summed E-state index contributed by atoms with van der Waals surface area (Å²) >= 11 is 0. The number of Topliss-reactive ketones (excluding diaryl/α,β-unsaturated/α-hetero) is 2. The van der Waals surface area contributed by atoms with E-state index in [1.807, 2.05) is 0 Å². The molecule has 7 heteroatoms. The number of hydrogen-bond donors (Lipinski definition) is 0. The van der Waals surface area contributed by atoms with Gasteiger partial charge in [-0.15, -0.1) is 0 Å². The first kappa shape index (κ1) is 20.4. The molecule has 2 aromatic rings. The van der Waals surface area contributed by atoms with E-state index in [1.54, 1.807) is 48.5 Å². The second kappa shape index (κ2) is 8.85. The van der Waals surface area contributed by atoms with Crippen LogP contribution >= 0.6 is 0 Å². The summed E-state index contributed by atoms with van der Waals surface area (Å²) in [6, 6.07) is 13.4. The van der Waals surface area contributed by atoms with Gasteiger partial charge in [0.1, 0.15) is 11.7 Å². The highest BCUT2D eigenvalue weighted by Gasteiger charge is 2.52. The van der Waals surface area contributed by atoms with Crippen molar-refractivity contribution in [3.05, 3.63) is 71.5 Å². The molecule has 2 atom stereocenters. The van der Waals surface area contributed by atoms with Gasteiger partial charge in [0, 0.05) is 37.3 Å². The summed E-state index contributed by atoms with van der Waals surface area (Å²) < 4.78 is 20.1. The van der Waals surface area contributed by atoms with Crippen molar-refractivity contribution in [1.29, 1.82) is 0 Å². The van der Waals surface area contributed by atoms with Gasteiger partial charge in [-0.1, -0.05) is 48.5 Å². The van der Waals surface area contributed by atoms with Gasteiger partial charge < -0.3 is 9.64 Å². The van der Waals surface area contributed by atoms with Crippen molar-refractivity contribution in [2.75, 3.05) is 39.4 Å². The molecule has 0 N–H and O–H groups in total. The predicted molar refractivity (Wildman–Crippen MR) is 107 cm³/mol. The fourth-order valence-electron chi connectivity index (χ4n) is 4.15. The predicted octanol–water partition coefficient (Wildman–Crippen LogP) is 2.11. The molecule has 0 radical (unpaired) electrons. The number of rotatable bonds is 6. The van der Waals surface area contributed by atoms with Crippen LogP contribution in [-0.2, 0) is 14.3 Å². The first-order valence-electron chi connectivity index (χ1n) is 10.1. The molecule has 2 saturated heterocycles. The Labute approximate surface area is 174 Å². The van der Waals surface area contributed by atoms with Crippen molar-refractivity contribution in [3.8, 4) is 0 Å². The molecule has 6 nitrogen and oxygen atoms in total. The summed E-state index contributed by atoms with van der Waals surface area (Å²) in [5, 5.41) is 0. The smallest absolute Gasteiger partial charge is 0.291 e. The zero-order valence-electron chi connectivity index (χ0n) is 16.5. The molecule has 0 bridgehead atoms. The van der Waals surface area contributed by atoms with Crippen LogP contribution in [0.25, 0.3) is 0 Å². The molecule has 1 amide bonds. The van der Waals surface area contributed by atoms with E-state index < -0.39 is 35.3 Å². The Hall–Kier alpha value is -2.90. The lowest BCUT2D eigenvalue weighted by atomic mass is 9.86. The lowest BCUT2D eigenvalue weighted by Gasteiger charge is -2.31. The van der Waals surface area contributed by atoms with Gasteiger partial charge >= 0.3 is 0 Å². The Bertz CT molecular complexity index is 943. The maximum atomic E-state index is 14.7. The monoisotopic (exact) mass is 410 g/mol. The van der Waals surface area contributed by atoms with E-state index in [9.17, 15) is 18.8 Å². The van der Waals surface area contributed by atoms with Crippen LogP contribution in [0.1, 0.15) is 22.0 Å². The summed E-state index contributed by atoms with van der Waals surface area (Å²) in [6.07, 6.45) is 0. The van der Waals surface area contributed by atoms with Gasteiger partial charge in [0.2, 0.25) is 5.78 Å². The number of morpholine rings is 1. The normalized spacial score (nSPS) is 22.5. The van der Waals surface area contributed by atoms with Gasteiger partial charge in [-0.05, 0) is 6.07 Å². The van der Waals surface area contributed by atoms with Crippen molar-refractivity contribution in [3.63, 3.8) is 0 Å². The standard InChI is InChI=1S/C23H23FN2O4/c24-18-9-5-4-8-17(18)20-19(21(27)16-6-2-1-3-7-16)22(28)23(29)26(20)11-10-25-12-14-30-15-13-25/h1-9,19-20H,10-15H2. The van der Waals surface area contributed by atoms with Crippen molar-refractivity contribution in [2.24, 2.45) is 5.92 Å². The summed E-state index contributed by atoms with van der Waals surface area (Å²) in [4.78, 5) is 42.5. The number of amides is 1. The van der Waals surface area contributed by atoms with E-state index in [-0.39, 0.29) is 12.1 Å². The second-order valence-corrected chi connectivity index (χ2v) is 7.49. The number of likely N-dealkylation sites (tertiary alicyclic amines) is 1. The van der Waals surface area contributed by atoms with Crippen LogP contribution in [-0.4, -0.2) is 66.7 Å². The molecule has 30 heavy (non-hydrogen) atoms. The first-order chi connectivity index (χ1) is 14.6. The van der Waals surface area contributed by atoms with Crippen LogP contribution in [0.15, 0.2) is 54.6 Å². The van der Waals surface area contributed by atoms with E-state index >= 15 is 0 Å². The van der Waals surface area contributed by atoms with E-state index in [2.05, 4.69) is 4.90 Å². The van der Waals surface area contributed by atoms with Crippen LogP contribution in [0.4, 0.5) is 4.39 Å². The molecule has 2 aliphatic rings. The number of ketones is 2. The molecular weight excluding hydrogens is 387 g/mol. The second-order valence-electron chi connectivity index (χ2n) is 7.49. The maximum Gasteiger partial charge on any atom is 0.291 e. The number of benzene rings is 2. The Morgan fingerprint density at radius 2 is 1.63 bits per heavy atom. The SMILES string of the molecule is O=C1C(=O)N(CCN2CCOCC2)C(c2ccccc2F)C1C(=O)c1ccccc1. The topological polar surface area (TPSA) is 66.9 Å². The molecule has 2 heterocycles. The Balaban J connectivity index is 1.67. The van der Waals surface area contributed by atoms with Crippen molar-refractivity contribution in [1.82, 2.24) is 9.80 Å². The van der Waals surface area contributed by atoms with Gasteiger partial charge in [-0.3, -0.25) is 19.3 Å². The molecule has 2 aromatic carbocycles. The lowest BCUT2D eigenvalue weighted by Crippen LogP contribution is -2.43. The molecule has 2 unspecified atom stereocenters. The Morgan fingerprint density at radius 3 is 2.33 bits per heavy atom. The van der Waals surface area contributed by atoms with Gasteiger partial charge in [-0.2, -0.15) is 0 Å². The third-order valence-electron chi connectivity index (χ3n) is 5.73. The van der Waals surface area contributed by atoms with Crippen LogP contribution < -0.4 is 0 Å². The quantitative estimate of drug-likeness (QED) is 0.415. The van der Waals surface area contributed by atoms with Crippen molar-refractivity contribution < 1.29 is 23.5 Å². The lowest BCUT2D eigenvalue weighted by molar-refractivity contribution is -0.141. The number of carbonyl (C=O) groups excluding carboxylic acids is 3. The number of nitrogens with zero attached hydrogens (tertiary/aromatic N) is 2. The molecular formula is C23H23FN2O4. The third-order valence-corrected chi connectivity index (χ3v) is 5.73. The Morgan fingerprint density at radius 1 is 0.967 bits per heavy atom. The summed E-state index contributed by atoms with van der Waals surface area (Å²) in [5.74, 6) is -3.77. The molecule has 0 aliphatic carbocycles. The number of hydrogen-bond acceptors (Lipinski definition) is 5. The highest BCUT2D eigenvalue weighted by atomic mass is 19.1. The van der Waals surface area contributed by atoms with E-state index in [0.29, 0.717) is 25.3 Å². The van der Waals surface area contributed by atoms with E-state index in [4.69, 9.17) is 4.74 Å². The zero-order chi connectivity index (χ0) is 21.1. The van der Waals surface area contributed by atoms with Gasteiger partial charge in [0.15, 0.2) is 5.78 Å². The van der Waals surface area contributed by atoms with Crippen LogP contribution in [0, 0.1) is 11.7 Å². The van der Waals surface area contributed by atoms with Gasteiger partial charge in [-0.25, -0.2) is 4.39 Å². The zero-order valence-corrected chi connectivity index (χ0v) is 16.5. The Kier molecular flexibility index (Phi) is 6.01. The van der Waals surface area contributed by atoms with Crippen LogP contribution in [0.5, 0.6) is 0 Å². The molecule has 156 valence electrons. The van der Waals surface area contributed by atoms with Crippen molar-refractivity contribution >= 4 is 17.5 Å².